The molecular weight excluding hydrogens is 464 g/mol. The third kappa shape index (κ3) is 10.2. The molecule has 0 bridgehead atoms. The number of rotatable bonds is 9. The van der Waals surface area contributed by atoms with Crippen molar-refractivity contribution in [3.63, 3.8) is 0 Å². The number of ether oxygens (including phenoxy) is 3. The molecule has 1 aliphatic heterocycles. The minimum atomic E-state index is -1.86. The van der Waals surface area contributed by atoms with E-state index >= 15 is 0 Å². The standard InChI is InChI=1S/C19H26N2O10.2C2H6/c1-9(22)29-8-10-3-4-12(11(7-10)21-13(23)5-6-20-2)30-19-16(26)14(24)15(25)17(31-19)18(27)28;2*1-2/h3-4,7,14-17,19-20,24-26H,5-6,8H2,1-2H3,(H,21,23)(H,27,28);2*1-2H3/t14-,15-,16+,17-,19+;;/m0../s1. The Morgan fingerprint density at radius 2 is 1.66 bits per heavy atom. The third-order valence-corrected chi connectivity index (χ3v) is 4.42. The average molecular weight is 503 g/mol. The first kappa shape index (κ1) is 32.2. The van der Waals surface area contributed by atoms with Gasteiger partial charge in [0, 0.05) is 19.9 Å². The number of hydrogen-bond donors (Lipinski definition) is 6. The summed E-state index contributed by atoms with van der Waals surface area (Å²) in [4.78, 5) is 34.5. The molecule has 12 heteroatoms. The molecule has 1 heterocycles. The Hall–Kier alpha value is -2.77. The second-order valence-corrected chi connectivity index (χ2v) is 6.87. The third-order valence-electron chi connectivity index (χ3n) is 4.42. The minimum Gasteiger partial charge on any atom is -0.479 e. The molecular formula is C23H38N2O10. The number of carboxylic acids is 1. The van der Waals surface area contributed by atoms with Crippen LogP contribution in [-0.4, -0.2) is 82.6 Å². The van der Waals surface area contributed by atoms with Gasteiger partial charge in [-0.15, -0.1) is 0 Å². The summed E-state index contributed by atoms with van der Waals surface area (Å²) in [6.07, 6.45) is -8.80. The van der Waals surface area contributed by atoms with Crippen LogP contribution in [0.5, 0.6) is 5.75 Å². The van der Waals surface area contributed by atoms with Gasteiger partial charge in [0.15, 0.2) is 6.10 Å². The van der Waals surface area contributed by atoms with Gasteiger partial charge in [-0.25, -0.2) is 4.79 Å². The number of aliphatic hydroxyl groups is 3. The summed E-state index contributed by atoms with van der Waals surface area (Å²) in [5.74, 6) is -2.41. The number of carbonyl (C=O) groups excluding carboxylic acids is 2. The monoisotopic (exact) mass is 502 g/mol. The van der Waals surface area contributed by atoms with Crippen molar-refractivity contribution in [2.24, 2.45) is 0 Å². The van der Waals surface area contributed by atoms with Crippen LogP contribution in [-0.2, 0) is 30.5 Å². The van der Waals surface area contributed by atoms with Crippen molar-refractivity contribution < 1.29 is 49.0 Å². The van der Waals surface area contributed by atoms with E-state index in [0.29, 0.717) is 12.1 Å². The van der Waals surface area contributed by atoms with Gasteiger partial charge in [-0.2, -0.15) is 0 Å². The second-order valence-electron chi connectivity index (χ2n) is 6.87. The predicted molar refractivity (Wildman–Crippen MR) is 127 cm³/mol. The molecule has 35 heavy (non-hydrogen) atoms. The molecule has 0 saturated carbocycles. The van der Waals surface area contributed by atoms with Crippen molar-refractivity contribution in [2.45, 2.75) is 78.4 Å². The lowest BCUT2D eigenvalue weighted by molar-refractivity contribution is -0.271. The van der Waals surface area contributed by atoms with E-state index in [0.717, 1.165) is 0 Å². The molecule has 1 aliphatic rings. The van der Waals surface area contributed by atoms with Gasteiger partial charge >= 0.3 is 11.9 Å². The largest absolute Gasteiger partial charge is 0.479 e. The average Bonchev–Trinajstić information content (AvgIpc) is 2.85. The Balaban J connectivity index is 0.00000274. The smallest absolute Gasteiger partial charge is 0.335 e. The molecule has 0 aliphatic carbocycles. The van der Waals surface area contributed by atoms with Gasteiger partial charge in [0.25, 0.3) is 0 Å². The summed E-state index contributed by atoms with van der Waals surface area (Å²) in [6, 6.07) is 4.40. The molecule has 200 valence electrons. The highest BCUT2D eigenvalue weighted by Crippen LogP contribution is 2.31. The fraction of sp³-hybridized carbons (Fsp3) is 0.609. The fourth-order valence-electron chi connectivity index (χ4n) is 2.78. The molecule has 1 aromatic carbocycles. The van der Waals surface area contributed by atoms with Gasteiger partial charge in [0.05, 0.1) is 5.69 Å². The maximum atomic E-state index is 12.2. The van der Waals surface area contributed by atoms with Crippen molar-refractivity contribution in [1.29, 1.82) is 0 Å². The molecule has 1 saturated heterocycles. The Bertz CT molecular complexity index is 805. The molecule has 1 fully saturated rings. The Kier molecular flexibility index (Phi) is 15.5. The summed E-state index contributed by atoms with van der Waals surface area (Å²) >= 11 is 0. The lowest BCUT2D eigenvalue weighted by atomic mass is 9.99. The number of esters is 1. The molecule has 1 aromatic rings. The van der Waals surface area contributed by atoms with Gasteiger partial charge in [0.1, 0.15) is 30.7 Å². The topological polar surface area (TPSA) is 184 Å². The summed E-state index contributed by atoms with van der Waals surface area (Å²) in [7, 11) is 1.68. The number of carbonyl (C=O) groups is 3. The quantitative estimate of drug-likeness (QED) is 0.260. The Labute approximate surface area is 205 Å². The lowest BCUT2D eigenvalue weighted by Gasteiger charge is -2.38. The van der Waals surface area contributed by atoms with Crippen LogP contribution in [0, 0.1) is 0 Å². The molecule has 5 atom stereocenters. The first-order chi connectivity index (χ1) is 16.6. The van der Waals surface area contributed by atoms with Crippen LogP contribution in [0.4, 0.5) is 5.69 Å². The predicted octanol–water partition coefficient (Wildman–Crippen LogP) is 0.621. The number of hydrogen-bond acceptors (Lipinski definition) is 10. The summed E-state index contributed by atoms with van der Waals surface area (Å²) in [5.41, 5.74) is 0.671. The number of anilines is 1. The molecule has 12 nitrogen and oxygen atoms in total. The molecule has 2 rings (SSSR count). The first-order valence-electron chi connectivity index (χ1n) is 11.4. The van der Waals surface area contributed by atoms with Crippen LogP contribution in [0.1, 0.15) is 46.6 Å². The number of nitrogens with one attached hydrogen (secondary N) is 2. The van der Waals surface area contributed by atoms with E-state index < -0.39 is 42.6 Å². The van der Waals surface area contributed by atoms with E-state index in [-0.39, 0.29) is 30.4 Å². The highest BCUT2D eigenvalue weighted by molar-refractivity contribution is 5.92. The Morgan fingerprint density at radius 3 is 2.20 bits per heavy atom. The van der Waals surface area contributed by atoms with Crippen LogP contribution in [0.2, 0.25) is 0 Å². The number of carboxylic acid groups (broad SMARTS) is 1. The molecule has 0 aromatic heterocycles. The van der Waals surface area contributed by atoms with E-state index in [4.69, 9.17) is 19.3 Å². The first-order valence-corrected chi connectivity index (χ1v) is 11.4. The Morgan fingerprint density at radius 1 is 1.03 bits per heavy atom. The lowest BCUT2D eigenvalue weighted by Crippen LogP contribution is -2.61. The zero-order valence-corrected chi connectivity index (χ0v) is 21.0. The van der Waals surface area contributed by atoms with Crippen molar-refractivity contribution in [1.82, 2.24) is 5.32 Å². The number of amides is 1. The highest BCUT2D eigenvalue weighted by Gasteiger charge is 2.48. The number of benzene rings is 1. The van der Waals surface area contributed by atoms with Crippen molar-refractivity contribution in [3.05, 3.63) is 23.8 Å². The summed E-state index contributed by atoms with van der Waals surface area (Å²) < 4.78 is 15.6. The maximum Gasteiger partial charge on any atom is 0.335 e. The minimum absolute atomic E-state index is 0.00108. The van der Waals surface area contributed by atoms with E-state index in [1.165, 1.54) is 25.1 Å². The highest BCUT2D eigenvalue weighted by atomic mass is 16.7. The molecule has 0 spiro atoms. The van der Waals surface area contributed by atoms with E-state index in [9.17, 15) is 29.7 Å². The maximum absolute atomic E-state index is 12.2. The van der Waals surface area contributed by atoms with Crippen LogP contribution in [0.3, 0.4) is 0 Å². The van der Waals surface area contributed by atoms with E-state index in [1.54, 1.807) is 7.05 Å². The van der Waals surface area contributed by atoms with Gasteiger partial charge in [-0.3, -0.25) is 9.59 Å². The molecule has 0 unspecified atom stereocenters. The van der Waals surface area contributed by atoms with Crippen LogP contribution in [0.15, 0.2) is 18.2 Å². The van der Waals surface area contributed by atoms with Crippen molar-refractivity contribution in [2.75, 3.05) is 18.9 Å². The molecule has 0 radical (unpaired) electrons. The SMILES string of the molecule is CC.CC.CNCCC(=O)Nc1cc(COC(C)=O)ccc1O[C@@H]1O[C@H](C(=O)O)[C@@H](O)[C@H](O)[C@H]1O. The van der Waals surface area contributed by atoms with Gasteiger partial charge < -0.3 is 45.3 Å². The van der Waals surface area contributed by atoms with E-state index in [2.05, 4.69) is 10.6 Å². The zero-order valence-electron chi connectivity index (χ0n) is 21.0. The van der Waals surface area contributed by atoms with Gasteiger partial charge in [-0.05, 0) is 24.7 Å². The normalized spacial score (nSPS) is 22.9. The van der Waals surface area contributed by atoms with Gasteiger partial charge in [-0.1, -0.05) is 33.8 Å². The summed E-state index contributed by atoms with van der Waals surface area (Å²) in [5, 5.41) is 44.5. The fourth-order valence-corrected chi connectivity index (χ4v) is 2.78. The van der Waals surface area contributed by atoms with Crippen molar-refractivity contribution in [3.8, 4) is 5.75 Å². The molecule has 6 N–H and O–H groups in total. The number of aliphatic hydroxyl groups excluding tert-OH is 3. The van der Waals surface area contributed by atoms with E-state index in [1.807, 2.05) is 27.7 Å². The van der Waals surface area contributed by atoms with Crippen LogP contribution < -0.4 is 15.4 Å². The molecule has 1 amide bonds. The van der Waals surface area contributed by atoms with Crippen LogP contribution in [0.25, 0.3) is 0 Å². The second kappa shape index (κ2) is 16.8. The number of aliphatic carboxylic acids is 1. The van der Waals surface area contributed by atoms with Gasteiger partial charge in [0.2, 0.25) is 12.2 Å². The summed E-state index contributed by atoms with van der Waals surface area (Å²) in [6.45, 7) is 9.59. The van der Waals surface area contributed by atoms with Crippen LogP contribution >= 0.6 is 0 Å². The zero-order chi connectivity index (χ0) is 27.1. The van der Waals surface area contributed by atoms with Crippen molar-refractivity contribution >= 4 is 23.5 Å².